The lowest BCUT2D eigenvalue weighted by atomic mass is 10.0. The fourth-order valence-corrected chi connectivity index (χ4v) is 1.81. The van der Waals surface area contributed by atoms with Gasteiger partial charge in [0.2, 0.25) is 0 Å². The molecule has 3 heteroatoms. The molecule has 0 spiro atoms. The number of ether oxygens (including phenoxy) is 1. The number of carbonyl (C=O) groups excluding carboxylic acids is 1. The SMILES string of the molecule is Cc1ccc(C(=O)C2CNCCO2)cc1C. The smallest absolute Gasteiger partial charge is 0.192 e. The maximum absolute atomic E-state index is 12.1. The van der Waals surface area contributed by atoms with Gasteiger partial charge in [-0.25, -0.2) is 0 Å². The Hall–Kier alpha value is -1.19. The van der Waals surface area contributed by atoms with Crippen LogP contribution in [0.2, 0.25) is 0 Å². The van der Waals surface area contributed by atoms with E-state index in [0.717, 1.165) is 17.7 Å². The van der Waals surface area contributed by atoms with E-state index in [1.165, 1.54) is 5.56 Å². The van der Waals surface area contributed by atoms with Crippen LogP contribution in [0.5, 0.6) is 0 Å². The Morgan fingerprint density at radius 2 is 2.19 bits per heavy atom. The molecular weight excluding hydrogens is 202 g/mol. The molecule has 16 heavy (non-hydrogen) atoms. The lowest BCUT2D eigenvalue weighted by Crippen LogP contribution is -2.43. The molecule has 1 saturated heterocycles. The Kier molecular flexibility index (Phi) is 3.36. The first-order chi connectivity index (χ1) is 7.68. The topological polar surface area (TPSA) is 38.3 Å². The molecule has 0 amide bonds. The molecule has 2 rings (SSSR count). The number of carbonyl (C=O) groups is 1. The largest absolute Gasteiger partial charge is 0.367 e. The van der Waals surface area contributed by atoms with Crippen LogP contribution in [0.1, 0.15) is 21.5 Å². The normalized spacial score (nSPS) is 20.8. The summed E-state index contributed by atoms with van der Waals surface area (Å²) < 4.78 is 5.45. The average Bonchev–Trinajstić information content (AvgIpc) is 2.33. The van der Waals surface area contributed by atoms with Gasteiger partial charge in [0.15, 0.2) is 5.78 Å². The molecular formula is C13H17NO2. The van der Waals surface area contributed by atoms with E-state index in [1.807, 2.05) is 32.0 Å². The predicted molar refractivity (Wildman–Crippen MR) is 62.9 cm³/mol. The van der Waals surface area contributed by atoms with Gasteiger partial charge in [-0.15, -0.1) is 0 Å². The van der Waals surface area contributed by atoms with Crippen LogP contribution in [0.15, 0.2) is 18.2 Å². The third kappa shape index (κ3) is 2.31. The molecule has 0 bridgehead atoms. The maximum atomic E-state index is 12.1. The first kappa shape index (κ1) is 11.3. The summed E-state index contributed by atoms with van der Waals surface area (Å²) in [4.78, 5) is 12.1. The van der Waals surface area contributed by atoms with E-state index < -0.39 is 0 Å². The quantitative estimate of drug-likeness (QED) is 0.766. The number of aryl methyl sites for hydroxylation is 2. The summed E-state index contributed by atoms with van der Waals surface area (Å²) in [6, 6.07) is 5.80. The summed E-state index contributed by atoms with van der Waals surface area (Å²) in [5.41, 5.74) is 3.10. The Balaban J connectivity index is 2.16. The summed E-state index contributed by atoms with van der Waals surface area (Å²) in [6.45, 7) is 6.12. The highest BCUT2D eigenvalue weighted by Crippen LogP contribution is 2.13. The zero-order valence-electron chi connectivity index (χ0n) is 9.75. The summed E-state index contributed by atoms with van der Waals surface area (Å²) >= 11 is 0. The molecule has 1 heterocycles. The van der Waals surface area contributed by atoms with Gasteiger partial charge in [0.1, 0.15) is 6.10 Å². The molecule has 1 aliphatic rings. The minimum atomic E-state index is -0.323. The molecule has 0 aliphatic carbocycles. The van der Waals surface area contributed by atoms with Gasteiger partial charge in [-0.3, -0.25) is 4.79 Å². The van der Waals surface area contributed by atoms with Crippen molar-refractivity contribution in [3.8, 4) is 0 Å². The van der Waals surface area contributed by atoms with Gasteiger partial charge in [0.05, 0.1) is 6.61 Å². The van der Waals surface area contributed by atoms with E-state index in [1.54, 1.807) is 0 Å². The second-order valence-electron chi connectivity index (χ2n) is 4.23. The van der Waals surface area contributed by atoms with Gasteiger partial charge < -0.3 is 10.1 Å². The number of nitrogens with one attached hydrogen (secondary N) is 1. The van der Waals surface area contributed by atoms with Gasteiger partial charge in [-0.1, -0.05) is 12.1 Å². The molecule has 1 unspecified atom stereocenters. The molecule has 86 valence electrons. The molecule has 1 aromatic carbocycles. The lowest BCUT2D eigenvalue weighted by Gasteiger charge is -2.22. The van der Waals surface area contributed by atoms with E-state index in [2.05, 4.69) is 5.32 Å². The molecule has 1 aliphatic heterocycles. The number of hydrogen-bond donors (Lipinski definition) is 1. The number of Topliss-reactive ketones (excluding diaryl/α,β-unsaturated/α-hetero) is 1. The number of hydrogen-bond acceptors (Lipinski definition) is 3. The Morgan fingerprint density at radius 3 is 2.81 bits per heavy atom. The standard InChI is InChI=1S/C13H17NO2/c1-9-3-4-11(7-10(9)2)13(15)12-8-14-5-6-16-12/h3-4,7,12,14H,5-6,8H2,1-2H3. The zero-order chi connectivity index (χ0) is 11.5. The van der Waals surface area contributed by atoms with Crippen molar-refractivity contribution in [3.63, 3.8) is 0 Å². The number of morpholine rings is 1. The van der Waals surface area contributed by atoms with Crippen LogP contribution in [-0.4, -0.2) is 31.6 Å². The number of benzene rings is 1. The highest BCUT2D eigenvalue weighted by atomic mass is 16.5. The second-order valence-corrected chi connectivity index (χ2v) is 4.23. The Labute approximate surface area is 95.8 Å². The number of ketones is 1. The first-order valence-corrected chi connectivity index (χ1v) is 5.62. The monoisotopic (exact) mass is 219 g/mol. The van der Waals surface area contributed by atoms with Crippen molar-refractivity contribution in [2.75, 3.05) is 19.7 Å². The maximum Gasteiger partial charge on any atom is 0.192 e. The minimum absolute atomic E-state index is 0.0790. The Morgan fingerprint density at radius 1 is 1.38 bits per heavy atom. The van der Waals surface area contributed by atoms with E-state index >= 15 is 0 Å². The average molecular weight is 219 g/mol. The van der Waals surface area contributed by atoms with Gasteiger partial charge in [0, 0.05) is 18.7 Å². The van der Waals surface area contributed by atoms with Crippen LogP contribution in [0.3, 0.4) is 0 Å². The van der Waals surface area contributed by atoms with Crippen molar-refractivity contribution in [3.05, 3.63) is 34.9 Å². The van der Waals surface area contributed by atoms with E-state index in [9.17, 15) is 4.79 Å². The fraction of sp³-hybridized carbons (Fsp3) is 0.462. The van der Waals surface area contributed by atoms with Crippen molar-refractivity contribution < 1.29 is 9.53 Å². The molecule has 3 nitrogen and oxygen atoms in total. The molecule has 0 saturated carbocycles. The second kappa shape index (κ2) is 4.76. The van der Waals surface area contributed by atoms with Crippen LogP contribution in [-0.2, 0) is 4.74 Å². The third-order valence-electron chi connectivity index (χ3n) is 3.01. The van der Waals surface area contributed by atoms with Gasteiger partial charge in [0.25, 0.3) is 0 Å². The van der Waals surface area contributed by atoms with E-state index in [-0.39, 0.29) is 11.9 Å². The van der Waals surface area contributed by atoms with E-state index in [4.69, 9.17) is 4.74 Å². The van der Waals surface area contributed by atoms with Crippen LogP contribution in [0.25, 0.3) is 0 Å². The van der Waals surface area contributed by atoms with Gasteiger partial charge in [-0.05, 0) is 31.0 Å². The first-order valence-electron chi connectivity index (χ1n) is 5.62. The van der Waals surface area contributed by atoms with Crippen molar-refractivity contribution in [1.29, 1.82) is 0 Å². The zero-order valence-corrected chi connectivity index (χ0v) is 9.75. The number of rotatable bonds is 2. The van der Waals surface area contributed by atoms with Crippen LogP contribution in [0.4, 0.5) is 0 Å². The van der Waals surface area contributed by atoms with Crippen LogP contribution < -0.4 is 5.32 Å². The van der Waals surface area contributed by atoms with Crippen molar-refractivity contribution >= 4 is 5.78 Å². The van der Waals surface area contributed by atoms with Gasteiger partial charge >= 0.3 is 0 Å². The van der Waals surface area contributed by atoms with Crippen molar-refractivity contribution in [1.82, 2.24) is 5.32 Å². The van der Waals surface area contributed by atoms with Crippen LogP contribution in [0, 0.1) is 13.8 Å². The summed E-state index contributed by atoms with van der Waals surface area (Å²) in [5, 5.41) is 3.17. The molecule has 1 N–H and O–H groups in total. The lowest BCUT2D eigenvalue weighted by molar-refractivity contribution is 0.0269. The van der Waals surface area contributed by atoms with Crippen molar-refractivity contribution in [2.45, 2.75) is 20.0 Å². The summed E-state index contributed by atoms with van der Waals surface area (Å²) in [5.74, 6) is 0.0790. The summed E-state index contributed by atoms with van der Waals surface area (Å²) in [6.07, 6.45) is -0.323. The molecule has 1 atom stereocenters. The Bertz CT molecular complexity index is 395. The minimum Gasteiger partial charge on any atom is -0.367 e. The third-order valence-corrected chi connectivity index (χ3v) is 3.01. The van der Waals surface area contributed by atoms with Crippen molar-refractivity contribution in [2.24, 2.45) is 0 Å². The molecule has 1 aromatic rings. The highest BCUT2D eigenvalue weighted by molar-refractivity contribution is 5.99. The summed E-state index contributed by atoms with van der Waals surface area (Å²) in [7, 11) is 0. The van der Waals surface area contributed by atoms with Gasteiger partial charge in [-0.2, -0.15) is 0 Å². The predicted octanol–water partition coefficient (Wildman–Crippen LogP) is 1.47. The molecule has 0 aromatic heterocycles. The van der Waals surface area contributed by atoms with E-state index in [0.29, 0.717) is 13.2 Å². The molecule has 1 fully saturated rings. The van der Waals surface area contributed by atoms with Crippen LogP contribution >= 0.6 is 0 Å². The highest BCUT2D eigenvalue weighted by Gasteiger charge is 2.22. The fourth-order valence-electron chi connectivity index (χ4n) is 1.81. The molecule has 0 radical (unpaired) electrons.